The average Bonchev–Trinajstić information content (AvgIpc) is 2.64. The maximum Gasteiger partial charge on any atom is 0.267 e. The van der Waals surface area contributed by atoms with Crippen LogP contribution in [0.5, 0.6) is 5.75 Å². The van der Waals surface area contributed by atoms with Crippen LogP contribution >= 0.6 is 0 Å². The molecule has 31 heavy (non-hydrogen) atoms. The van der Waals surface area contributed by atoms with Gasteiger partial charge in [0, 0.05) is 18.3 Å². The number of amides is 2. The first-order valence-corrected chi connectivity index (χ1v) is 11.7. The highest BCUT2D eigenvalue weighted by molar-refractivity contribution is 7.92. The third-order valence-electron chi connectivity index (χ3n) is 4.84. The highest BCUT2D eigenvalue weighted by Gasteiger charge is 2.36. The average molecular weight is 446 g/mol. The summed E-state index contributed by atoms with van der Waals surface area (Å²) in [6, 6.07) is 12.0. The molecule has 0 aliphatic carbocycles. The Bertz CT molecular complexity index is 1120. The number of sulfonamides is 1. The minimum absolute atomic E-state index is 0.142. The van der Waals surface area contributed by atoms with Gasteiger partial charge in [-0.1, -0.05) is 32.9 Å². The lowest BCUT2D eigenvalue weighted by Crippen LogP contribution is -2.48. The van der Waals surface area contributed by atoms with Gasteiger partial charge in [0.25, 0.3) is 5.91 Å². The molecule has 2 aromatic rings. The van der Waals surface area contributed by atoms with E-state index in [4.69, 9.17) is 4.74 Å². The third kappa shape index (κ3) is 5.35. The number of ether oxygens (including phenoxy) is 1. The van der Waals surface area contributed by atoms with Crippen LogP contribution in [0.15, 0.2) is 42.5 Å². The van der Waals surface area contributed by atoms with Crippen molar-refractivity contribution in [2.75, 3.05) is 27.7 Å². The Morgan fingerprint density at radius 3 is 2.29 bits per heavy atom. The Labute approximate surface area is 182 Å². The van der Waals surface area contributed by atoms with Crippen molar-refractivity contribution in [3.63, 3.8) is 0 Å². The molecule has 1 aliphatic rings. The van der Waals surface area contributed by atoms with E-state index in [-0.39, 0.29) is 17.9 Å². The minimum atomic E-state index is -3.64. The van der Waals surface area contributed by atoms with Crippen molar-refractivity contribution in [1.82, 2.24) is 0 Å². The predicted octanol–water partition coefficient (Wildman–Crippen LogP) is 3.11. The zero-order valence-electron chi connectivity index (χ0n) is 18.2. The Balaban J connectivity index is 1.87. The van der Waals surface area contributed by atoms with Gasteiger partial charge in [0.15, 0.2) is 6.10 Å². The molecule has 0 saturated heterocycles. The molecule has 1 atom stereocenters. The number of nitrogens with one attached hydrogen (secondary N) is 2. The lowest BCUT2D eigenvalue weighted by atomic mass is 9.86. The van der Waals surface area contributed by atoms with Gasteiger partial charge in [-0.25, -0.2) is 8.42 Å². The summed E-state index contributed by atoms with van der Waals surface area (Å²) in [5.74, 6) is -0.384. The number of anilines is 3. The van der Waals surface area contributed by atoms with Crippen LogP contribution in [0.3, 0.4) is 0 Å². The molecule has 2 amide bonds. The third-order valence-corrected chi connectivity index (χ3v) is 5.98. The predicted molar refractivity (Wildman–Crippen MR) is 121 cm³/mol. The van der Waals surface area contributed by atoms with E-state index >= 15 is 0 Å². The van der Waals surface area contributed by atoms with E-state index in [9.17, 15) is 18.0 Å². The van der Waals surface area contributed by atoms with Gasteiger partial charge in [-0.3, -0.25) is 13.9 Å². The Morgan fingerprint density at radius 2 is 1.71 bits per heavy atom. The number of hydrogen-bond donors (Lipinski definition) is 2. The SMILES string of the molecule is CC(=O)Nc1cccc(NC(=O)C2CN(S(C)(=O)=O)c3cc(C(C)(C)C)ccc3O2)c1. The molecule has 0 bridgehead atoms. The van der Waals surface area contributed by atoms with E-state index in [1.165, 1.54) is 11.2 Å². The lowest BCUT2D eigenvalue weighted by Gasteiger charge is -2.35. The molecule has 0 saturated carbocycles. The van der Waals surface area contributed by atoms with Gasteiger partial charge in [0.05, 0.1) is 18.5 Å². The smallest absolute Gasteiger partial charge is 0.267 e. The molecule has 8 nitrogen and oxygen atoms in total. The molecule has 3 rings (SSSR count). The number of nitrogens with zero attached hydrogens (tertiary/aromatic N) is 1. The van der Waals surface area contributed by atoms with E-state index < -0.39 is 22.0 Å². The van der Waals surface area contributed by atoms with Crippen LogP contribution in [0.1, 0.15) is 33.3 Å². The molecule has 0 spiro atoms. The Hall–Kier alpha value is -3.07. The van der Waals surface area contributed by atoms with Crippen molar-refractivity contribution in [2.24, 2.45) is 0 Å². The van der Waals surface area contributed by atoms with Crippen molar-refractivity contribution in [3.8, 4) is 5.75 Å². The summed E-state index contributed by atoms with van der Waals surface area (Å²) in [6.07, 6.45) is 0.0738. The molecule has 0 aromatic heterocycles. The van der Waals surface area contributed by atoms with Crippen molar-refractivity contribution in [2.45, 2.75) is 39.2 Å². The Morgan fingerprint density at radius 1 is 1.06 bits per heavy atom. The zero-order valence-corrected chi connectivity index (χ0v) is 19.0. The van der Waals surface area contributed by atoms with Gasteiger partial charge < -0.3 is 15.4 Å². The van der Waals surface area contributed by atoms with Gasteiger partial charge in [-0.15, -0.1) is 0 Å². The second kappa shape index (κ2) is 8.22. The molecule has 1 heterocycles. The highest BCUT2D eigenvalue weighted by atomic mass is 32.2. The van der Waals surface area contributed by atoms with E-state index in [0.717, 1.165) is 11.8 Å². The fraction of sp³-hybridized carbons (Fsp3) is 0.364. The van der Waals surface area contributed by atoms with Gasteiger partial charge in [0.2, 0.25) is 15.9 Å². The number of carbonyl (C=O) groups excluding carboxylic acids is 2. The lowest BCUT2D eigenvalue weighted by molar-refractivity contribution is -0.122. The van der Waals surface area contributed by atoms with E-state index in [0.29, 0.717) is 22.8 Å². The molecular weight excluding hydrogens is 418 g/mol. The van der Waals surface area contributed by atoms with E-state index in [1.54, 1.807) is 36.4 Å². The van der Waals surface area contributed by atoms with Crippen LogP contribution < -0.4 is 19.7 Å². The number of benzene rings is 2. The van der Waals surface area contributed by atoms with Gasteiger partial charge in [-0.2, -0.15) is 0 Å². The first-order valence-electron chi connectivity index (χ1n) is 9.82. The molecule has 0 radical (unpaired) electrons. The van der Waals surface area contributed by atoms with Crippen molar-refractivity contribution < 1.29 is 22.7 Å². The van der Waals surface area contributed by atoms with Crippen LogP contribution in [0.25, 0.3) is 0 Å². The van der Waals surface area contributed by atoms with Crippen molar-refractivity contribution >= 4 is 38.9 Å². The fourth-order valence-electron chi connectivity index (χ4n) is 3.27. The Kier molecular flexibility index (Phi) is 6.00. The standard InChI is InChI=1S/C22H27N3O5S/c1-14(26)23-16-7-6-8-17(12-16)24-21(27)20-13-25(31(5,28)29)18-11-15(22(2,3)4)9-10-19(18)30-20/h6-12,20H,13H2,1-5H3,(H,23,26)(H,24,27). The van der Waals surface area contributed by atoms with Gasteiger partial charge in [-0.05, 0) is 41.3 Å². The molecule has 0 fully saturated rings. The summed E-state index contributed by atoms with van der Waals surface area (Å²) >= 11 is 0. The summed E-state index contributed by atoms with van der Waals surface area (Å²) in [5, 5.41) is 5.37. The molecule has 1 aliphatic heterocycles. The van der Waals surface area contributed by atoms with Crippen LogP contribution in [0, 0.1) is 0 Å². The number of fused-ring (bicyclic) bond motifs is 1. The van der Waals surface area contributed by atoms with Gasteiger partial charge >= 0.3 is 0 Å². The second-order valence-corrected chi connectivity index (χ2v) is 10.5. The van der Waals surface area contributed by atoms with Crippen LogP contribution in [-0.4, -0.2) is 39.1 Å². The van der Waals surface area contributed by atoms with Crippen molar-refractivity contribution in [3.05, 3.63) is 48.0 Å². The normalized spacial score (nSPS) is 16.2. The van der Waals surface area contributed by atoms with Gasteiger partial charge in [0.1, 0.15) is 5.75 Å². The maximum absolute atomic E-state index is 12.9. The first kappa shape index (κ1) is 22.6. The summed E-state index contributed by atoms with van der Waals surface area (Å²) in [7, 11) is -3.64. The molecule has 9 heteroatoms. The zero-order chi connectivity index (χ0) is 23.0. The molecule has 1 unspecified atom stereocenters. The molecule has 2 N–H and O–H groups in total. The largest absolute Gasteiger partial charge is 0.476 e. The number of carbonyl (C=O) groups is 2. The quantitative estimate of drug-likeness (QED) is 0.752. The fourth-order valence-corrected chi connectivity index (χ4v) is 4.18. The highest BCUT2D eigenvalue weighted by Crippen LogP contribution is 2.38. The van der Waals surface area contributed by atoms with Crippen LogP contribution in [0.4, 0.5) is 17.1 Å². The van der Waals surface area contributed by atoms with Crippen LogP contribution in [0.2, 0.25) is 0 Å². The summed E-state index contributed by atoms with van der Waals surface area (Å²) < 4.78 is 32.0. The first-order chi connectivity index (χ1) is 14.3. The second-order valence-electron chi connectivity index (χ2n) is 8.58. The van der Waals surface area contributed by atoms with E-state index in [2.05, 4.69) is 10.6 Å². The number of rotatable bonds is 4. The van der Waals surface area contributed by atoms with E-state index in [1.807, 2.05) is 26.8 Å². The summed E-state index contributed by atoms with van der Waals surface area (Å²) in [4.78, 5) is 24.1. The van der Waals surface area contributed by atoms with Crippen molar-refractivity contribution in [1.29, 1.82) is 0 Å². The van der Waals surface area contributed by atoms with Crippen LogP contribution in [-0.2, 0) is 25.0 Å². The molecule has 2 aromatic carbocycles. The molecular formula is C22H27N3O5S. The maximum atomic E-state index is 12.9. The topological polar surface area (TPSA) is 105 Å². The monoisotopic (exact) mass is 445 g/mol. The summed E-state index contributed by atoms with van der Waals surface area (Å²) in [6.45, 7) is 7.36. The molecule has 166 valence electrons. The summed E-state index contributed by atoms with van der Waals surface area (Å²) in [5.41, 5.74) is 2.20. The number of hydrogen-bond acceptors (Lipinski definition) is 5. The minimum Gasteiger partial charge on any atom is -0.476 e.